The third-order valence-corrected chi connectivity index (χ3v) is 3.05. The van der Waals surface area contributed by atoms with Crippen molar-refractivity contribution in [2.75, 3.05) is 0 Å². The Morgan fingerprint density at radius 2 is 2.13 bits per heavy atom. The van der Waals surface area contributed by atoms with E-state index in [0.717, 1.165) is 12.0 Å². The minimum atomic E-state index is -0.372. The summed E-state index contributed by atoms with van der Waals surface area (Å²) in [4.78, 5) is 12.3. The first-order chi connectivity index (χ1) is 7.25. The van der Waals surface area contributed by atoms with E-state index >= 15 is 0 Å². The van der Waals surface area contributed by atoms with E-state index in [1.807, 2.05) is 29.6 Å². The monoisotopic (exact) mass is 217 g/mol. The van der Waals surface area contributed by atoms with Gasteiger partial charge in [0, 0.05) is 16.9 Å². The lowest BCUT2D eigenvalue weighted by Crippen LogP contribution is -2.10. The number of carbonyl (C=O) groups is 1. The van der Waals surface area contributed by atoms with Gasteiger partial charge >= 0.3 is 0 Å². The van der Waals surface area contributed by atoms with Crippen molar-refractivity contribution in [1.82, 2.24) is 0 Å². The van der Waals surface area contributed by atoms with Crippen molar-refractivity contribution in [3.8, 4) is 0 Å². The summed E-state index contributed by atoms with van der Waals surface area (Å²) >= 11 is 1.72. The highest BCUT2D eigenvalue weighted by Gasteiger charge is 2.02. The first-order valence-electron chi connectivity index (χ1n) is 4.67. The van der Waals surface area contributed by atoms with Gasteiger partial charge in [0.05, 0.1) is 0 Å². The molecule has 0 unspecified atom stereocenters. The Morgan fingerprint density at radius 3 is 2.80 bits per heavy atom. The van der Waals surface area contributed by atoms with Crippen molar-refractivity contribution in [2.24, 2.45) is 5.73 Å². The average molecular weight is 217 g/mol. The van der Waals surface area contributed by atoms with Crippen LogP contribution >= 0.6 is 11.3 Å². The second kappa shape index (κ2) is 4.28. The first kappa shape index (κ1) is 9.93. The Balaban J connectivity index is 2.22. The van der Waals surface area contributed by atoms with Gasteiger partial charge in [0.1, 0.15) is 0 Å². The number of primary amides is 1. The third kappa shape index (κ3) is 2.44. The molecule has 0 spiro atoms. The molecule has 0 aliphatic rings. The molecule has 0 atom stereocenters. The molecule has 0 radical (unpaired) electrons. The molecule has 0 fully saturated rings. The molecule has 2 aromatic rings. The Morgan fingerprint density at radius 1 is 1.27 bits per heavy atom. The Bertz CT molecular complexity index is 462. The van der Waals surface area contributed by atoms with Gasteiger partial charge in [-0.05, 0) is 29.1 Å². The molecule has 1 amide bonds. The molecule has 0 aliphatic carbocycles. The van der Waals surface area contributed by atoms with Gasteiger partial charge < -0.3 is 5.73 Å². The van der Waals surface area contributed by atoms with Gasteiger partial charge in [-0.1, -0.05) is 18.2 Å². The van der Waals surface area contributed by atoms with E-state index in [0.29, 0.717) is 5.56 Å². The zero-order valence-corrected chi connectivity index (χ0v) is 8.96. The van der Waals surface area contributed by atoms with Crippen molar-refractivity contribution in [3.63, 3.8) is 0 Å². The number of benzene rings is 1. The molecule has 2 rings (SSSR count). The Kier molecular flexibility index (Phi) is 2.83. The lowest BCUT2D eigenvalue weighted by molar-refractivity contribution is 0.1000. The van der Waals surface area contributed by atoms with E-state index in [2.05, 4.69) is 6.07 Å². The number of rotatable bonds is 3. The maximum atomic E-state index is 11.0. The van der Waals surface area contributed by atoms with Gasteiger partial charge in [-0.3, -0.25) is 4.79 Å². The highest BCUT2D eigenvalue weighted by molar-refractivity contribution is 7.09. The second-order valence-corrected chi connectivity index (χ2v) is 4.35. The van der Waals surface area contributed by atoms with E-state index in [1.54, 1.807) is 17.4 Å². The van der Waals surface area contributed by atoms with E-state index in [9.17, 15) is 4.79 Å². The van der Waals surface area contributed by atoms with E-state index in [1.165, 1.54) is 4.88 Å². The van der Waals surface area contributed by atoms with Gasteiger partial charge in [0.2, 0.25) is 5.91 Å². The number of amides is 1. The summed E-state index contributed by atoms with van der Waals surface area (Å²) in [6.45, 7) is 0. The quantitative estimate of drug-likeness (QED) is 0.843. The summed E-state index contributed by atoms with van der Waals surface area (Å²) in [7, 11) is 0. The largest absolute Gasteiger partial charge is 0.366 e. The van der Waals surface area contributed by atoms with Crippen LogP contribution in [0.1, 0.15) is 20.8 Å². The van der Waals surface area contributed by atoms with Crippen LogP contribution < -0.4 is 5.73 Å². The van der Waals surface area contributed by atoms with Gasteiger partial charge in [-0.2, -0.15) is 0 Å². The predicted molar refractivity (Wildman–Crippen MR) is 62.1 cm³/mol. The molecule has 0 bridgehead atoms. The molecule has 3 heteroatoms. The van der Waals surface area contributed by atoms with Crippen LogP contribution in [0.5, 0.6) is 0 Å². The van der Waals surface area contributed by atoms with Crippen LogP contribution in [0.3, 0.4) is 0 Å². The third-order valence-electron chi connectivity index (χ3n) is 2.17. The fourth-order valence-corrected chi connectivity index (χ4v) is 2.19. The highest BCUT2D eigenvalue weighted by Crippen LogP contribution is 2.15. The fraction of sp³-hybridized carbons (Fsp3) is 0.0833. The SMILES string of the molecule is NC(=O)c1cccc(Cc2cccs2)c1. The fourth-order valence-electron chi connectivity index (χ4n) is 1.45. The van der Waals surface area contributed by atoms with Crippen molar-refractivity contribution in [3.05, 3.63) is 57.8 Å². The van der Waals surface area contributed by atoms with E-state index in [4.69, 9.17) is 5.73 Å². The second-order valence-electron chi connectivity index (χ2n) is 3.32. The predicted octanol–water partition coefficient (Wildman–Crippen LogP) is 2.44. The van der Waals surface area contributed by atoms with Gasteiger partial charge in [0.15, 0.2) is 0 Å². The smallest absolute Gasteiger partial charge is 0.248 e. The number of carbonyl (C=O) groups excluding carboxylic acids is 1. The normalized spacial score (nSPS) is 10.1. The molecule has 2 nitrogen and oxygen atoms in total. The number of hydrogen-bond acceptors (Lipinski definition) is 2. The summed E-state index contributed by atoms with van der Waals surface area (Å²) in [5.74, 6) is -0.372. The summed E-state index contributed by atoms with van der Waals surface area (Å²) < 4.78 is 0. The van der Waals surface area contributed by atoms with Crippen molar-refractivity contribution >= 4 is 17.2 Å². The van der Waals surface area contributed by atoms with Gasteiger partial charge in [-0.25, -0.2) is 0 Å². The van der Waals surface area contributed by atoms with Crippen LogP contribution in [0.2, 0.25) is 0 Å². The topological polar surface area (TPSA) is 43.1 Å². The Hall–Kier alpha value is -1.61. The molecule has 15 heavy (non-hydrogen) atoms. The summed E-state index contributed by atoms with van der Waals surface area (Å²) in [6, 6.07) is 11.6. The molecule has 0 aliphatic heterocycles. The van der Waals surface area contributed by atoms with Gasteiger partial charge in [0.25, 0.3) is 0 Å². The molecule has 1 aromatic carbocycles. The maximum absolute atomic E-state index is 11.0. The van der Waals surface area contributed by atoms with Crippen LogP contribution in [0.15, 0.2) is 41.8 Å². The zero-order chi connectivity index (χ0) is 10.7. The number of hydrogen-bond donors (Lipinski definition) is 1. The highest BCUT2D eigenvalue weighted by atomic mass is 32.1. The minimum Gasteiger partial charge on any atom is -0.366 e. The van der Waals surface area contributed by atoms with Crippen molar-refractivity contribution in [2.45, 2.75) is 6.42 Å². The van der Waals surface area contributed by atoms with Crippen LogP contribution in [0, 0.1) is 0 Å². The molecule has 1 heterocycles. The van der Waals surface area contributed by atoms with Crippen molar-refractivity contribution < 1.29 is 4.79 Å². The van der Waals surface area contributed by atoms with E-state index in [-0.39, 0.29) is 5.91 Å². The summed E-state index contributed by atoms with van der Waals surface area (Å²) in [6.07, 6.45) is 0.860. The van der Waals surface area contributed by atoms with Gasteiger partial charge in [-0.15, -0.1) is 11.3 Å². The first-order valence-corrected chi connectivity index (χ1v) is 5.55. The van der Waals surface area contributed by atoms with Crippen LogP contribution in [0.25, 0.3) is 0 Å². The van der Waals surface area contributed by atoms with E-state index < -0.39 is 0 Å². The molecule has 0 saturated carbocycles. The molecule has 1 aromatic heterocycles. The molecule has 2 N–H and O–H groups in total. The minimum absolute atomic E-state index is 0.372. The maximum Gasteiger partial charge on any atom is 0.248 e. The standard InChI is InChI=1S/C12H11NOS/c13-12(14)10-4-1-3-9(7-10)8-11-5-2-6-15-11/h1-7H,8H2,(H2,13,14). The number of nitrogens with two attached hydrogens (primary N) is 1. The summed E-state index contributed by atoms with van der Waals surface area (Å²) in [5, 5.41) is 2.05. The van der Waals surface area contributed by atoms with Crippen LogP contribution in [-0.2, 0) is 6.42 Å². The molecule has 0 saturated heterocycles. The lowest BCUT2D eigenvalue weighted by atomic mass is 10.1. The molecular formula is C12H11NOS. The van der Waals surface area contributed by atoms with Crippen LogP contribution in [-0.4, -0.2) is 5.91 Å². The zero-order valence-electron chi connectivity index (χ0n) is 8.14. The Labute approximate surface area is 92.4 Å². The lowest BCUT2D eigenvalue weighted by Gasteiger charge is -2.00. The molecule has 76 valence electrons. The average Bonchev–Trinajstić information content (AvgIpc) is 2.71. The van der Waals surface area contributed by atoms with Crippen molar-refractivity contribution in [1.29, 1.82) is 0 Å². The summed E-state index contributed by atoms with van der Waals surface area (Å²) in [5.41, 5.74) is 6.91. The van der Waals surface area contributed by atoms with Crippen LogP contribution in [0.4, 0.5) is 0 Å². The molecular weight excluding hydrogens is 206 g/mol. The number of thiophene rings is 1.